The maximum Gasteiger partial charge on any atom is 0.277 e. The van der Waals surface area contributed by atoms with E-state index in [4.69, 9.17) is 28.0 Å². The fourth-order valence-corrected chi connectivity index (χ4v) is 2.94. The van der Waals surface area contributed by atoms with E-state index in [0.29, 0.717) is 11.5 Å². The highest BCUT2D eigenvalue weighted by Crippen LogP contribution is 2.22. The van der Waals surface area contributed by atoms with Crippen LogP contribution in [0.25, 0.3) is 26.4 Å². The van der Waals surface area contributed by atoms with E-state index >= 15 is 0 Å². The van der Waals surface area contributed by atoms with Crippen molar-refractivity contribution in [2.24, 2.45) is 10.9 Å². The molecule has 0 fully saturated rings. The summed E-state index contributed by atoms with van der Waals surface area (Å²) in [5.74, 6) is 0.509. The van der Waals surface area contributed by atoms with Gasteiger partial charge in [0.1, 0.15) is 11.9 Å². The van der Waals surface area contributed by atoms with Crippen LogP contribution < -0.4 is 5.73 Å². The molecule has 0 atom stereocenters. The first-order valence-electron chi connectivity index (χ1n) is 13.8. The molecular weight excluding hydrogens is 918 g/mol. The third-order valence-electron chi connectivity index (χ3n) is 4.73. The number of fused-ring (bicyclic) bond motifs is 2. The minimum Gasteiger partial charge on any atom is -0.409 e. The molecule has 4 aromatic rings. The Morgan fingerprint density at radius 2 is 0.714 bits per heavy atom. The first kappa shape index (κ1) is 53.7. The van der Waals surface area contributed by atoms with Gasteiger partial charge in [0.2, 0.25) is 0 Å². The van der Waals surface area contributed by atoms with E-state index in [2.05, 4.69) is 196 Å². The summed E-state index contributed by atoms with van der Waals surface area (Å²) >= 11 is 0. The highest BCUT2D eigenvalue weighted by atomic mass is 18.0. The van der Waals surface area contributed by atoms with Crippen LogP contribution >= 0.6 is 0 Å². The van der Waals surface area contributed by atoms with Crippen molar-refractivity contribution in [1.29, 1.82) is 0 Å². The second-order valence-corrected chi connectivity index (χ2v) is 7.73. The first-order chi connectivity index (χ1) is 31.2. The van der Waals surface area contributed by atoms with Crippen molar-refractivity contribution in [1.82, 2.24) is 9.97 Å². The summed E-state index contributed by atoms with van der Waals surface area (Å²) in [4.78, 5) is 11.4. The normalized spacial score (nSPS) is 11.2. The van der Waals surface area contributed by atoms with Crippen LogP contribution in [0, 0.1) is 6.57 Å². The van der Waals surface area contributed by atoms with Gasteiger partial charge in [-0.15, -0.1) is 4.98 Å². The lowest BCUT2D eigenvalue weighted by atomic mass is 10.1. The standard InChI is InChI=1S/C10H9N3O.C10H6N2.H2O37/c11-10(13-14)9-8-4-2-1-3-7(8)5-6-12-9;1-11-10-9-5-3-2-4-8(9)6-7-12-10;1-3-5-7-9-11-13-15-17-19-21-23-25-27-29-31-33-35-37-36-34-32-30-28-26-24-22-20-18-16-14-12-10-8-6-4-2/h1-6,14H,(H2,11,13);2-7H;1-2H. The smallest absolute Gasteiger partial charge is 0.277 e. The number of nitrogens with zero attached hydrogens (tertiary/aromatic N) is 4. The van der Waals surface area contributed by atoms with Gasteiger partial charge in [-0.3, -0.25) is 4.98 Å². The summed E-state index contributed by atoms with van der Waals surface area (Å²) in [5.41, 5.74) is 6.00. The van der Waals surface area contributed by atoms with Gasteiger partial charge in [-0.1, -0.05) is 60.3 Å². The van der Waals surface area contributed by atoms with Gasteiger partial charge in [0.05, 0.1) is 0 Å². The van der Waals surface area contributed by atoms with Gasteiger partial charge in [-0.25, -0.2) is 10.5 Å². The van der Waals surface area contributed by atoms with Crippen LogP contribution in [0.2, 0.25) is 0 Å². The van der Waals surface area contributed by atoms with Crippen LogP contribution in [0.4, 0.5) is 5.82 Å². The molecule has 0 saturated heterocycles. The highest BCUT2D eigenvalue weighted by Gasteiger charge is 2.06. The molecule has 350 valence electrons. The lowest BCUT2D eigenvalue weighted by Gasteiger charge is -2.02. The molecule has 0 spiro atoms. The van der Waals surface area contributed by atoms with Gasteiger partial charge in [-0.05, 0) is 104 Å². The second-order valence-electron chi connectivity index (χ2n) is 7.73. The molecule has 0 aliphatic rings. The molecule has 2 aromatic carbocycles. The molecule has 0 radical (unpaired) electrons. The SMILES string of the molecule is N/C(=N\O)c1nccc2ccccc12.OOOOOOOOOOOOOOOOOOOOOOOOOOOOOOOOOOOOO.[C-]#[N+]c1nccc2ccccc12. The van der Waals surface area contributed by atoms with E-state index in [9.17, 15) is 0 Å². The Morgan fingerprint density at radius 3 is 1.03 bits per heavy atom. The molecule has 2 aromatic heterocycles. The number of nitrogens with two attached hydrogens (primary N) is 1. The van der Waals surface area contributed by atoms with Crippen LogP contribution in [0.15, 0.2) is 78.2 Å². The first-order valence-corrected chi connectivity index (χ1v) is 13.8. The Balaban J connectivity index is 0.000000415. The van der Waals surface area contributed by atoms with Gasteiger partial charge in [0.15, 0.2) is 5.84 Å². The predicted octanol–water partition coefficient (Wildman–Crippen LogP) is 1.74. The number of hydrogen-bond acceptors (Lipinski definition) is 41. The van der Waals surface area contributed by atoms with Crippen molar-refractivity contribution >= 4 is 33.2 Å². The molecule has 0 unspecified atom stereocenters. The zero-order valence-corrected chi connectivity index (χ0v) is 28.9. The van der Waals surface area contributed by atoms with Crippen LogP contribution in [0.1, 0.15) is 5.69 Å². The topological polar surface area (TPSA) is 452 Å². The van der Waals surface area contributed by atoms with Crippen molar-refractivity contribution in [3.8, 4) is 0 Å². The third kappa shape index (κ3) is 27.3. The van der Waals surface area contributed by atoms with Gasteiger partial charge in [0.25, 0.3) is 5.82 Å². The molecule has 2 heterocycles. The summed E-state index contributed by atoms with van der Waals surface area (Å²) in [7, 11) is 0. The molecular formula is C20H17N5O38. The average molecular weight is 935 g/mol. The second kappa shape index (κ2) is 39.4. The Kier molecular flexibility index (Phi) is 33.6. The molecule has 0 aliphatic carbocycles. The number of benzene rings is 2. The highest BCUT2D eigenvalue weighted by molar-refractivity contribution is 6.06. The minimum absolute atomic E-state index is 0.0294. The van der Waals surface area contributed by atoms with Gasteiger partial charge in [-0.2, -0.15) is 0 Å². The van der Waals surface area contributed by atoms with Crippen molar-refractivity contribution in [3.05, 3.63) is 90.2 Å². The zero-order chi connectivity index (χ0) is 45.1. The largest absolute Gasteiger partial charge is 0.409 e. The van der Waals surface area contributed by atoms with Crippen molar-refractivity contribution in [2.45, 2.75) is 0 Å². The van der Waals surface area contributed by atoms with Crippen LogP contribution in [0.5, 0.6) is 0 Å². The number of aromatic nitrogens is 2. The molecule has 63 heavy (non-hydrogen) atoms. The number of amidine groups is 1. The van der Waals surface area contributed by atoms with E-state index in [1.807, 2.05) is 60.7 Å². The summed E-state index contributed by atoms with van der Waals surface area (Å²) in [6, 6.07) is 19.2. The number of rotatable bonds is 35. The summed E-state index contributed by atoms with van der Waals surface area (Å²) in [5, 5.41) is 150. The Morgan fingerprint density at radius 1 is 0.429 bits per heavy atom. The van der Waals surface area contributed by atoms with E-state index in [1.165, 1.54) is 0 Å². The summed E-state index contributed by atoms with van der Waals surface area (Å²) < 4.78 is 0. The lowest BCUT2D eigenvalue weighted by Crippen LogP contribution is -2.15. The molecule has 0 amide bonds. The average Bonchev–Trinajstić information content (AvgIpc) is 3.32. The van der Waals surface area contributed by atoms with Crippen LogP contribution in [-0.2, 0) is 176 Å². The Hall–Kier alpha value is -5.46. The molecule has 5 N–H and O–H groups in total. The van der Waals surface area contributed by atoms with Gasteiger partial charge < -0.3 is 15.8 Å². The number of pyridine rings is 2. The maximum absolute atomic E-state index is 8.57. The molecule has 0 bridgehead atoms. The van der Waals surface area contributed by atoms with E-state index in [1.54, 1.807) is 12.4 Å². The Labute approximate surface area is 337 Å². The summed E-state index contributed by atoms with van der Waals surface area (Å²) in [6.07, 6.45) is 3.30. The third-order valence-corrected chi connectivity index (χ3v) is 4.73. The fourth-order valence-electron chi connectivity index (χ4n) is 2.94. The monoisotopic (exact) mass is 935 g/mol. The predicted molar refractivity (Wildman–Crippen MR) is 145 cm³/mol. The fraction of sp³-hybridized carbons (Fsp3) is 0. The molecule has 0 aliphatic heterocycles. The van der Waals surface area contributed by atoms with Crippen LogP contribution in [-0.4, -0.2) is 31.5 Å². The van der Waals surface area contributed by atoms with Crippen molar-refractivity contribution < 1.29 is 192 Å². The Bertz CT molecular complexity index is 1720. The lowest BCUT2D eigenvalue weighted by molar-refractivity contribution is -0.907. The quantitative estimate of drug-likeness (QED) is 0.00970. The summed E-state index contributed by atoms with van der Waals surface area (Å²) in [6.45, 7) is 6.89. The van der Waals surface area contributed by atoms with Crippen molar-refractivity contribution in [2.75, 3.05) is 0 Å². The van der Waals surface area contributed by atoms with E-state index in [-0.39, 0.29) is 5.84 Å². The molecule has 43 heteroatoms. The van der Waals surface area contributed by atoms with Crippen LogP contribution in [0.3, 0.4) is 0 Å². The maximum atomic E-state index is 8.57. The van der Waals surface area contributed by atoms with E-state index in [0.717, 1.165) is 21.5 Å². The van der Waals surface area contributed by atoms with Gasteiger partial charge in [0, 0.05) is 113 Å². The van der Waals surface area contributed by atoms with Gasteiger partial charge >= 0.3 is 0 Å². The number of hydrogen-bond donors (Lipinski definition) is 4. The van der Waals surface area contributed by atoms with E-state index < -0.39 is 0 Å². The number of oxime groups is 1. The molecule has 4 rings (SSSR count). The zero-order valence-electron chi connectivity index (χ0n) is 28.9. The molecule has 0 saturated carbocycles. The van der Waals surface area contributed by atoms with Crippen molar-refractivity contribution in [3.63, 3.8) is 0 Å². The molecule has 43 nitrogen and oxygen atoms in total. The minimum atomic E-state index is 0.0294.